The largest absolute Gasteiger partial charge is 0.504 e. The van der Waals surface area contributed by atoms with E-state index in [0.29, 0.717) is 48.0 Å². The second kappa shape index (κ2) is 12.4. The average Bonchev–Trinajstić information content (AvgIpc) is 2.73. The van der Waals surface area contributed by atoms with Crippen LogP contribution < -0.4 is 14.8 Å². The van der Waals surface area contributed by atoms with Gasteiger partial charge in [0.25, 0.3) is 0 Å². The van der Waals surface area contributed by atoms with Crippen LogP contribution in [0.25, 0.3) is 0 Å². The van der Waals surface area contributed by atoms with Crippen LogP contribution in [0, 0.1) is 6.92 Å². The van der Waals surface area contributed by atoms with E-state index in [-0.39, 0.29) is 41.8 Å². The van der Waals surface area contributed by atoms with Crippen molar-refractivity contribution in [3.8, 4) is 17.2 Å². The lowest BCUT2D eigenvalue weighted by Crippen LogP contribution is -2.14. The van der Waals surface area contributed by atoms with Crippen molar-refractivity contribution >= 4 is 40.8 Å². The maximum Gasteiger partial charge on any atom is 0.303 e. The molecule has 2 aromatic rings. The van der Waals surface area contributed by atoms with E-state index in [9.17, 15) is 14.7 Å². The number of carboxylic acid groups (broad SMARTS) is 1. The Bertz CT molecular complexity index is 964. The summed E-state index contributed by atoms with van der Waals surface area (Å²) in [4.78, 5) is 23.0. The first-order chi connectivity index (χ1) is 15.2. The maximum absolute atomic E-state index is 12.3. The van der Waals surface area contributed by atoms with Gasteiger partial charge >= 0.3 is 5.97 Å². The normalized spacial score (nSPS) is 10.6. The van der Waals surface area contributed by atoms with E-state index in [1.54, 1.807) is 12.1 Å². The second-order valence-electron chi connectivity index (χ2n) is 7.20. The fourth-order valence-corrected chi connectivity index (χ4v) is 3.58. The summed E-state index contributed by atoms with van der Waals surface area (Å²) in [6, 6.07) is 6.98. The van der Waals surface area contributed by atoms with Crippen LogP contribution in [0.3, 0.4) is 0 Å². The number of ether oxygens (including phenoxy) is 2. The first-order valence-electron chi connectivity index (χ1n) is 10.3. The third-order valence-electron chi connectivity index (χ3n) is 4.61. The van der Waals surface area contributed by atoms with Gasteiger partial charge in [-0.15, -0.1) is 0 Å². The van der Waals surface area contributed by atoms with Crippen molar-refractivity contribution in [3.05, 3.63) is 45.4 Å². The highest BCUT2D eigenvalue weighted by Gasteiger charge is 2.18. The molecule has 0 atom stereocenters. The van der Waals surface area contributed by atoms with Gasteiger partial charge in [-0.05, 0) is 43.9 Å². The summed E-state index contributed by atoms with van der Waals surface area (Å²) in [6.45, 7) is 4.26. The number of aryl methyl sites for hydroxylation is 1. The van der Waals surface area contributed by atoms with Crippen molar-refractivity contribution in [1.29, 1.82) is 0 Å². The van der Waals surface area contributed by atoms with Crippen molar-refractivity contribution in [3.63, 3.8) is 0 Å². The molecular formula is C23H27Cl2NO6. The SMILES string of the molecule is CCc1c(OCCCC(=O)O)cc(NC(=O)CCCOc2ccc(C)cc2Cl)c(O)c1Cl. The highest BCUT2D eigenvalue weighted by Crippen LogP contribution is 2.41. The molecule has 0 aliphatic rings. The molecular weight excluding hydrogens is 457 g/mol. The molecule has 0 unspecified atom stereocenters. The van der Waals surface area contributed by atoms with Gasteiger partial charge in [-0.1, -0.05) is 36.2 Å². The Hall–Kier alpha value is -2.64. The van der Waals surface area contributed by atoms with Crippen LogP contribution in [-0.4, -0.2) is 35.3 Å². The summed E-state index contributed by atoms with van der Waals surface area (Å²) < 4.78 is 11.3. The van der Waals surface area contributed by atoms with E-state index >= 15 is 0 Å². The lowest BCUT2D eigenvalue weighted by Gasteiger charge is -2.16. The summed E-state index contributed by atoms with van der Waals surface area (Å²) in [5, 5.41) is 22.4. The van der Waals surface area contributed by atoms with Crippen LogP contribution in [0.15, 0.2) is 24.3 Å². The Kier molecular flexibility index (Phi) is 9.94. The number of halogens is 2. The van der Waals surface area contributed by atoms with Crippen molar-refractivity contribution < 1.29 is 29.3 Å². The fraction of sp³-hybridized carbons (Fsp3) is 0.391. The Morgan fingerprint density at radius 3 is 2.31 bits per heavy atom. The molecule has 0 aliphatic carbocycles. The topological polar surface area (TPSA) is 105 Å². The zero-order valence-electron chi connectivity index (χ0n) is 18.0. The zero-order chi connectivity index (χ0) is 23.7. The molecule has 1 amide bonds. The molecule has 0 aliphatic heterocycles. The molecule has 0 aromatic heterocycles. The molecule has 2 rings (SSSR count). The van der Waals surface area contributed by atoms with Crippen LogP contribution in [-0.2, 0) is 16.0 Å². The van der Waals surface area contributed by atoms with Gasteiger partial charge in [0.2, 0.25) is 5.91 Å². The first-order valence-corrected chi connectivity index (χ1v) is 11.1. The Morgan fingerprint density at radius 2 is 1.69 bits per heavy atom. The number of aliphatic carboxylic acids is 1. The molecule has 3 N–H and O–H groups in total. The summed E-state index contributed by atoms with van der Waals surface area (Å²) in [5.74, 6) is -0.515. The lowest BCUT2D eigenvalue weighted by molar-refractivity contribution is -0.137. The highest BCUT2D eigenvalue weighted by atomic mass is 35.5. The number of carbonyl (C=O) groups is 2. The van der Waals surface area contributed by atoms with Crippen LogP contribution >= 0.6 is 23.2 Å². The van der Waals surface area contributed by atoms with Crippen molar-refractivity contribution in [1.82, 2.24) is 0 Å². The third-order valence-corrected chi connectivity index (χ3v) is 5.32. The molecule has 0 radical (unpaired) electrons. The summed E-state index contributed by atoms with van der Waals surface area (Å²) in [6.07, 6.45) is 1.39. The molecule has 9 heteroatoms. The van der Waals surface area contributed by atoms with Crippen molar-refractivity contribution in [2.24, 2.45) is 0 Å². The van der Waals surface area contributed by atoms with E-state index in [1.165, 1.54) is 6.07 Å². The number of amides is 1. The molecule has 174 valence electrons. The van der Waals surface area contributed by atoms with E-state index in [2.05, 4.69) is 5.32 Å². The Labute approximate surface area is 197 Å². The minimum Gasteiger partial charge on any atom is -0.504 e. The highest BCUT2D eigenvalue weighted by molar-refractivity contribution is 6.33. The van der Waals surface area contributed by atoms with Crippen LogP contribution in [0.1, 0.15) is 43.7 Å². The summed E-state index contributed by atoms with van der Waals surface area (Å²) in [5.41, 5.74) is 1.74. The van der Waals surface area contributed by atoms with Crippen molar-refractivity contribution in [2.45, 2.75) is 46.0 Å². The van der Waals surface area contributed by atoms with E-state index < -0.39 is 5.97 Å². The number of rotatable bonds is 12. The number of carboxylic acids is 1. The van der Waals surface area contributed by atoms with E-state index in [1.807, 2.05) is 19.9 Å². The molecule has 0 fully saturated rings. The number of hydrogen-bond donors (Lipinski definition) is 3. The number of hydrogen-bond acceptors (Lipinski definition) is 5. The third kappa shape index (κ3) is 7.50. The van der Waals surface area contributed by atoms with Gasteiger partial charge in [0.1, 0.15) is 11.5 Å². The molecule has 2 aromatic carbocycles. The summed E-state index contributed by atoms with van der Waals surface area (Å²) in [7, 11) is 0. The molecule has 0 saturated heterocycles. The number of nitrogens with one attached hydrogen (secondary N) is 1. The standard InChI is InChI=1S/C23H27Cl2NO6/c1-3-15-19(32-11-5-7-21(28)29)13-17(23(30)22(15)25)26-20(27)6-4-10-31-18-9-8-14(2)12-16(18)24/h8-9,12-13,30H,3-7,10-11H2,1-2H3,(H,26,27)(H,28,29). The number of carbonyl (C=O) groups excluding carboxylic acids is 1. The van der Waals surface area contributed by atoms with E-state index in [4.69, 9.17) is 37.8 Å². The van der Waals surface area contributed by atoms with Gasteiger partial charge in [0, 0.05) is 24.5 Å². The van der Waals surface area contributed by atoms with Gasteiger partial charge in [-0.2, -0.15) is 0 Å². The molecule has 32 heavy (non-hydrogen) atoms. The second-order valence-corrected chi connectivity index (χ2v) is 7.98. The van der Waals surface area contributed by atoms with E-state index in [0.717, 1.165) is 5.56 Å². The van der Waals surface area contributed by atoms with Crippen LogP contribution in [0.2, 0.25) is 10.0 Å². The predicted molar refractivity (Wildman–Crippen MR) is 124 cm³/mol. The van der Waals surface area contributed by atoms with Gasteiger partial charge in [-0.25, -0.2) is 0 Å². The van der Waals surface area contributed by atoms with Crippen LogP contribution in [0.4, 0.5) is 5.69 Å². The molecule has 0 heterocycles. The van der Waals surface area contributed by atoms with Gasteiger partial charge in [-0.3, -0.25) is 9.59 Å². The fourth-order valence-electron chi connectivity index (χ4n) is 2.97. The average molecular weight is 484 g/mol. The zero-order valence-corrected chi connectivity index (χ0v) is 19.6. The Balaban J connectivity index is 1.94. The maximum atomic E-state index is 12.3. The lowest BCUT2D eigenvalue weighted by atomic mass is 10.1. The number of anilines is 1. The van der Waals surface area contributed by atoms with Crippen LogP contribution in [0.5, 0.6) is 17.2 Å². The number of phenolic OH excluding ortho intramolecular Hbond substituents is 1. The Morgan fingerprint density at radius 1 is 1.03 bits per heavy atom. The van der Waals surface area contributed by atoms with Gasteiger partial charge < -0.3 is 25.0 Å². The smallest absolute Gasteiger partial charge is 0.303 e. The number of benzene rings is 2. The molecule has 7 nitrogen and oxygen atoms in total. The minimum absolute atomic E-state index is 0.0211. The molecule has 0 spiro atoms. The predicted octanol–water partition coefficient (Wildman–Crippen LogP) is 5.61. The monoisotopic (exact) mass is 483 g/mol. The van der Waals surface area contributed by atoms with Crippen molar-refractivity contribution in [2.75, 3.05) is 18.5 Å². The number of phenols is 1. The first kappa shape index (κ1) is 25.6. The minimum atomic E-state index is -0.908. The summed E-state index contributed by atoms with van der Waals surface area (Å²) >= 11 is 12.4. The number of aromatic hydroxyl groups is 1. The quantitative estimate of drug-likeness (QED) is 0.267. The molecule has 0 bridgehead atoms. The molecule has 0 saturated carbocycles. The van der Waals surface area contributed by atoms with Gasteiger partial charge in [0.05, 0.1) is 28.9 Å². The van der Waals surface area contributed by atoms with Gasteiger partial charge in [0.15, 0.2) is 5.75 Å².